The zero-order chi connectivity index (χ0) is 20.9. The summed E-state index contributed by atoms with van der Waals surface area (Å²) in [6.07, 6.45) is -0.237. The van der Waals surface area contributed by atoms with Crippen molar-refractivity contribution in [2.24, 2.45) is 5.92 Å². The van der Waals surface area contributed by atoms with Crippen LogP contribution in [0, 0.1) is 5.92 Å². The number of amides is 1. The molecule has 0 radical (unpaired) electrons. The first-order valence-corrected chi connectivity index (χ1v) is 9.96. The van der Waals surface area contributed by atoms with Crippen LogP contribution in [-0.4, -0.2) is 40.1 Å². The number of hydrogen-bond acceptors (Lipinski definition) is 4. The first kappa shape index (κ1) is 18.9. The lowest BCUT2D eigenvalue weighted by atomic mass is 10.1. The Bertz CT molecular complexity index is 1090. The van der Waals surface area contributed by atoms with E-state index in [2.05, 4.69) is 10.2 Å². The maximum absolute atomic E-state index is 14.1. The molecule has 9 heteroatoms. The van der Waals surface area contributed by atoms with Crippen molar-refractivity contribution in [1.29, 1.82) is 0 Å². The van der Waals surface area contributed by atoms with Gasteiger partial charge in [0, 0.05) is 31.4 Å². The van der Waals surface area contributed by atoms with E-state index in [0.717, 1.165) is 18.5 Å². The minimum absolute atomic E-state index is 0.0265. The van der Waals surface area contributed by atoms with Crippen molar-refractivity contribution in [2.75, 3.05) is 29.4 Å². The number of nitrogens with zero attached hydrogens (tertiary/aromatic N) is 5. The van der Waals surface area contributed by atoms with Crippen LogP contribution in [0.1, 0.15) is 24.2 Å². The highest BCUT2D eigenvalue weighted by atomic mass is 19.4. The Balaban J connectivity index is 1.49. The van der Waals surface area contributed by atoms with Gasteiger partial charge < -0.3 is 9.80 Å². The Kier molecular flexibility index (Phi) is 4.41. The molecular weight excluding hydrogens is 395 g/mol. The van der Waals surface area contributed by atoms with Crippen molar-refractivity contribution in [3.8, 4) is 0 Å². The van der Waals surface area contributed by atoms with Gasteiger partial charge in [-0.1, -0.05) is 18.2 Å². The van der Waals surface area contributed by atoms with Crippen LogP contribution < -0.4 is 9.80 Å². The summed E-state index contributed by atoms with van der Waals surface area (Å²) in [6, 6.07) is 10.6. The Morgan fingerprint density at radius 2 is 1.80 bits per heavy atom. The number of carbonyl (C=O) groups excluding carboxylic acids is 1. The van der Waals surface area contributed by atoms with Crippen LogP contribution >= 0.6 is 0 Å². The third kappa shape index (κ3) is 3.38. The Morgan fingerprint density at radius 1 is 1.03 bits per heavy atom. The van der Waals surface area contributed by atoms with E-state index in [1.807, 2.05) is 30.3 Å². The first-order valence-electron chi connectivity index (χ1n) is 9.96. The van der Waals surface area contributed by atoms with Gasteiger partial charge in [0.25, 0.3) is 0 Å². The smallest absolute Gasteiger partial charge is 0.360 e. The first-order chi connectivity index (χ1) is 14.4. The monoisotopic (exact) mass is 415 g/mol. The third-order valence-electron chi connectivity index (χ3n) is 5.71. The fraction of sp³-hybridized carbons (Fsp3) is 0.381. The molecule has 3 aromatic rings. The van der Waals surface area contributed by atoms with Gasteiger partial charge in [-0.2, -0.15) is 13.2 Å². The Morgan fingerprint density at radius 3 is 2.47 bits per heavy atom. The maximum atomic E-state index is 14.1. The van der Waals surface area contributed by atoms with Gasteiger partial charge in [0.2, 0.25) is 5.91 Å². The van der Waals surface area contributed by atoms with Crippen molar-refractivity contribution in [2.45, 2.75) is 25.4 Å². The minimum Gasteiger partial charge on any atom is -0.360 e. The van der Waals surface area contributed by atoms with Gasteiger partial charge in [0.05, 0.1) is 12.2 Å². The topological polar surface area (TPSA) is 53.7 Å². The van der Waals surface area contributed by atoms with E-state index in [-0.39, 0.29) is 23.8 Å². The van der Waals surface area contributed by atoms with Crippen molar-refractivity contribution in [3.63, 3.8) is 0 Å². The van der Waals surface area contributed by atoms with Gasteiger partial charge in [-0.25, -0.2) is 0 Å². The van der Waals surface area contributed by atoms with Gasteiger partial charge in [0.15, 0.2) is 5.65 Å². The average molecular weight is 415 g/mol. The minimum atomic E-state index is -4.61. The summed E-state index contributed by atoms with van der Waals surface area (Å²) < 4.78 is 43.6. The molecule has 5 rings (SSSR count). The summed E-state index contributed by atoms with van der Waals surface area (Å²) in [5, 5.41) is 7.90. The zero-order valence-corrected chi connectivity index (χ0v) is 16.1. The number of carbonyl (C=O) groups is 1. The number of benzene rings is 1. The molecule has 2 fully saturated rings. The summed E-state index contributed by atoms with van der Waals surface area (Å²) in [4.78, 5) is 15.8. The lowest BCUT2D eigenvalue weighted by Gasteiger charge is -2.36. The molecule has 2 aromatic heterocycles. The van der Waals surface area contributed by atoms with E-state index < -0.39 is 11.7 Å². The zero-order valence-electron chi connectivity index (χ0n) is 16.1. The molecule has 3 heterocycles. The molecule has 2 aliphatic rings. The highest BCUT2D eigenvalue weighted by Gasteiger charge is 2.40. The number of fused-ring (bicyclic) bond motifs is 1. The van der Waals surface area contributed by atoms with Gasteiger partial charge >= 0.3 is 6.18 Å². The van der Waals surface area contributed by atoms with Gasteiger partial charge in [0.1, 0.15) is 11.4 Å². The van der Waals surface area contributed by atoms with Gasteiger partial charge in [-0.15, -0.1) is 10.2 Å². The fourth-order valence-electron chi connectivity index (χ4n) is 4.01. The number of halogens is 3. The molecule has 30 heavy (non-hydrogen) atoms. The normalized spacial score (nSPS) is 17.8. The lowest BCUT2D eigenvalue weighted by Crippen LogP contribution is -2.51. The number of aromatic nitrogens is 3. The molecule has 1 aromatic carbocycles. The molecular formula is C21H20F3N5O. The van der Waals surface area contributed by atoms with E-state index in [4.69, 9.17) is 0 Å². The second-order valence-corrected chi connectivity index (χ2v) is 7.83. The van der Waals surface area contributed by atoms with Crippen molar-refractivity contribution < 1.29 is 18.0 Å². The molecule has 0 spiro atoms. The number of hydrogen-bond donors (Lipinski definition) is 0. The molecule has 0 atom stereocenters. The summed E-state index contributed by atoms with van der Waals surface area (Å²) in [7, 11) is 0. The SMILES string of the molecule is O=C1CN(c2ccn3c(CC4CC4)nnc3c2C(F)(F)F)CCN1c1ccccc1. The highest BCUT2D eigenvalue weighted by molar-refractivity contribution is 5.98. The predicted octanol–water partition coefficient (Wildman–Crippen LogP) is 3.55. The largest absolute Gasteiger partial charge is 0.422 e. The van der Waals surface area contributed by atoms with Crippen LogP contribution in [0.3, 0.4) is 0 Å². The number of piperazine rings is 1. The Hall–Kier alpha value is -3.10. The summed E-state index contributed by atoms with van der Waals surface area (Å²) in [6.45, 7) is 0.477. The van der Waals surface area contributed by atoms with Crippen LogP contribution in [0.5, 0.6) is 0 Å². The summed E-state index contributed by atoms with van der Waals surface area (Å²) in [5.41, 5.74) is -0.314. The standard InChI is InChI=1S/C21H20F3N5O/c22-21(23,24)19-16(8-9-29-17(12-14-6-7-14)25-26-20(19)29)27-10-11-28(18(30)13-27)15-4-2-1-3-5-15/h1-5,8-9,14H,6-7,10-13H2. The number of alkyl halides is 3. The van der Waals surface area contributed by atoms with E-state index in [1.54, 1.807) is 11.1 Å². The molecule has 1 saturated carbocycles. The van der Waals surface area contributed by atoms with Crippen LogP contribution in [0.2, 0.25) is 0 Å². The molecule has 6 nitrogen and oxygen atoms in total. The van der Waals surface area contributed by atoms with Gasteiger partial charge in [-0.05, 0) is 37.0 Å². The summed E-state index contributed by atoms with van der Waals surface area (Å²) in [5.74, 6) is 0.793. The predicted molar refractivity (Wildman–Crippen MR) is 105 cm³/mol. The maximum Gasteiger partial charge on any atom is 0.422 e. The molecule has 1 amide bonds. The number of rotatable bonds is 4. The van der Waals surface area contributed by atoms with Crippen LogP contribution in [0.15, 0.2) is 42.6 Å². The molecule has 0 bridgehead atoms. The molecule has 1 aliphatic heterocycles. The second-order valence-electron chi connectivity index (χ2n) is 7.83. The molecule has 1 aliphatic carbocycles. The highest BCUT2D eigenvalue weighted by Crippen LogP contribution is 2.40. The number of pyridine rings is 1. The number of para-hydroxylation sites is 1. The van der Waals surface area contributed by atoms with Crippen LogP contribution in [0.25, 0.3) is 5.65 Å². The van der Waals surface area contributed by atoms with Crippen LogP contribution in [0.4, 0.5) is 24.5 Å². The van der Waals surface area contributed by atoms with Crippen molar-refractivity contribution in [1.82, 2.24) is 14.6 Å². The molecule has 0 N–H and O–H groups in total. The summed E-state index contributed by atoms with van der Waals surface area (Å²) >= 11 is 0. The molecule has 156 valence electrons. The van der Waals surface area contributed by atoms with E-state index in [0.29, 0.717) is 31.3 Å². The lowest BCUT2D eigenvalue weighted by molar-refractivity contribution is -0.136. The van der Waals surface area contributed by atoms with E-state index >= 15 is 0 Å². The molecule has 0 unspecified atom stereocenters. The second kappa shape index (κ2) is 7.00. The third-order valence-corrected chi connectivity index (χ3v) is 5.71. The average Bonchev–Trinajstić information content (AvgIpc) is 3.45. The molecule has 1 saturated heterocycles. The van der Waals surface area contributed by atoms with E-state index in [9.17, 15) is 18.0 Å². The van der Waals surface area contributed by atoms with E-state index in [1.165, 1.54) is 15.4 Å². The van der Waals surface area contributed by atoms with Gasteiger partial charge in [-0.3, -0.25) is 9.20 Å². The van der Waals surface area contributed by atoms with Crippen molar-refractivity contribution in [3.05, 3.63) is 54.0 Å². The quantitative estimate of drug-likeness (QED) is 0.654. The fourth-order valence-corrected chi connectivity index (χ4v) is 4.01. The van der Waals surface area contributed by atoms with Crippen LogP contribution in [-0.2, 0) is 17.4 Å². The Labute approximate surface area is 170 Å². The number of anilines is 2. The van der Waals surface area contributed by atoms with Crippen molar-refractivity contribution >= 4 is 22.9 Å².